The topological polar surface area (TPSA) is 68.2 Å². The molecule has 2 amide bonds. The van der Waals surface area contributed by atoms with Gasteiger partial charge in [-0.25, -0.2) is 14.2 Å². The first-order chi connectivity index (χ1) is 12.1. The fourth-order valence-electron chi connectivity index (χ4n) is 3.06. The fraction of sp³-hybridized carbons (Fsp3) is 0.444. The quantitative estimate of drug-likeness (QED) is 0.893. The molecular formula is C18H23FN4O2. The molecule has 6 nitrogen and oxygen atoms in total. The number of halogens is 1. The number of carbonyl (C=O) groups is 1. The molecule has 2 N–H and O–H groups in total. The van der Waals surface area contributed by atoms with E-state index in [2.05, 4.69) is 15.6 Å². The Labute approximate surface area is 146 Å². The number of hydrogen-bond acceptors (Lipinski definition) is 3. The molecule has 0 aliphatic carbocycles. The molecule has 2 heterocycles. The third-order valence-corrected chi connectivity index (χ3v) is 4.46. The van der Waals surface area contributed by atoms with E-state index < -0.39 is 0 Å². The summed E-state index contributed by atoms with van der Waals surface area (Å²) in [5.41, 5.74) is 1.08. The van der Waals surface area contributed by atoms with Crippen molar-refractivity contribution in [1.82, 2.24) is 14.9 Å². The van der Waals surface area contributed by atoms with Crippen LogP contribution in [0.3, 0.4) is 0 Å². The van der Waals surface area contributed by atoms with E-state index in [1.54, 1.807) is 18.3 Å². The minimum Gasteiger partial charge on any atom is -0.370 e. The first-order valence-corrected chi connectivity index (χ1v) is 8.51. The highest BCUT2D eigenvalue weighted by atomic mass is 19.1. The van der Waals surface area contributed by atoms with E-state index in [4.69, 9.17) is 4.74 Å². The van der Waals surface area contributed by atoms with Crippen LogP contribution in [0.25, 0.3) is 0 Å². The summed E-state index contributed by atoms with van der Waals surface area (Å²) in [6.45, 7) is 2.45. The van der Waals surface area contributed by atoms with Gasteiger partial charge in [0.05, 0.1) is 0 Å². The Kier molecular flexibility index (Phi) is 5.33. The number of ether oxygens (including phenoxy) is 1. The lowest BCUT2D eigenvalue weighted by Gasteiger charge is -2.29. The normalized spacial score (nSPS) is 20.3. The molecule has 0 bridgehead atoms. The molecule has 2 aromatic rings. The van der Waals surface area contributed by atoms with Crippen LogP contribution in [0.5, 0.6) is 0 Å². The van der Waals surface area contributed by atoms with E-state index in [1.807, 2.05) is 24.7 Å². The number of benzene rings is 1. The maximum absolute atomic E-state index is 13.8. The van der Waals surface area contributed by atoms with Gasteiger partial charge in [-0.2, -0.15) is 0 Å². The number of aromatic nitrogens is 2. The smallest absolute Gasteiger partial charge is 0.319 e. The predicted molar refractivity (Wildman–Crippen MR) is 92.9 cm³/mol. The van der Waals surface area contributed by atoms with Crippen molar-refractivity contribution in [1.29, 1.82) is 0 Å². The number of nitrogens with one attached hydrogen (secondary N) is 2. The van der Waals surface area contributed by atoms with Crippen molar-refractivity contribution >= 4 is 11.7 Å². The Hall–Kier alpha value is -2.41. The van der Waals surface area contributed by atoms with Gasteiger partial charge in [-0.05, 0) is 30.5 Å². The maximum atomic E-state index is 13.8. The van der Waals surface area contributed by atoms with Gasteiger partial charge >= 0.3 is 6.03 Å². The lowest BCUT2D eigenvalue weighted by atomic mass is 10.0. The number of amides is 2. The van der Waals surface area contributed by atoms with Crippen LogP contribution in [-0.2, 0) is 18.2 Å². The highest BCUT2D eigenvalue weighted by molar-refractivity contribution is 5.89. The zero-order valence-corrected chi connectivity index (χ0v) is 14.5. The molecule has 25 heavy (non-hydrogen) atoms. The fourth-order valence-corrected chi connectivity index (χ4v) is 3.06. The molecule has 1 aromatic heterocycles. The standard InChI is InChI=1S/C18H23FN4O2/c1-3-12-4-5-13(10-15(12)19)21-18(24)22-14-6-9-25-16(11-14)17-20-7-8-23(17)2/h4-5,7-8,10,14,16H,3,6,9,11H2,1-2H3,(H2,21,22,24). The van der Waals surface area contributed by atoms with Crippen molar-refractivity contribution in [2.24, 2.45) is 7.05 Å². The van der Waals surface area contributed by atoms with Crippen LogP contribution in [-0.4, -0.2) is 28.2 Å². The van der Waals surface area contributed by atoms with Crippen LogP contribution in [0.2, 0.25) is 0 Å². The van der Waals surface area contributed by atoms with Crippen LogP contribution in [0.15, 0.2) is 30.6 Å². The highest BCUT2D eigenvalue weighted by Gasteiger charge is 2.27. The van der Waals surface area contributed by atoms with Gasteiger partial charge in [0.15, 0.2) is 0 Å². The Balaban J connectivity index is 1.57. The molecule has 0 spiro atoms. The molecule has 1 saturated heterocycles. The zero-order chi connectivity index (χ0) is 17.8. The van der Waals surface area contributed by atoms with Crippen molar-refractivity contribution in [3.63, 3.8) is 0 Å². The highest BCUT2D eigenvalue weighted by Crippen LogP contribution is 2.26. The summed E-state index contributed by atoms with van der Waals surface area (Å²) in [4.78, 5) is 16.5. The van der Waals surface area contributed by atoms with Gasteiger partial charge in [0, 0.05) is 44.2 Å². The van der Waals surface area contributed by atoms with E-state index in [0.29, 0.717) is 30.7 Å². The van der Waals surface area contributed by atoms with Crippen LogP contribution in [0.4, 0.5) is 14.9 Å². The lowest BCUT2D eigenvalue weighted by Crippen LogP contribution is -2.42. The second kappa shape index (κ2) is 7.65. The summed E-state index contributed by atoms with van der Waals surface area (Å²) in [5.74, 6) is 0.547. The number of hydrogen-bond donors (Lipinski definition) is 2. The average molecular weight is 346 g/mol. The summed E-state index contributed by atoms with van der Waals surface area (Å²) < 4.78 is 21.5. The average Bonchev–Trinajstić information content (AvgIpc) is 3.01. The van der Waals surface area contributed by atoms with Crippen LogP contribution < -0.4 is 10.6 Å². The Morgan fingerprint density at radius 2 is 2.32 bits per heavy atom. The minimum absolute atomic E-state index is 0.0183. The van der Waals surface area contributed by atoms with Crippen molar-refractivity contribution in [3.8, 4) is 0 Å². The third-order valence-electron chi connectivity index (χ3n) is 4.46. The van der Waals surface area contributed by atoms with Crippen molar-refractivity contribution in [2.75, 3.05) is 11.9 Å². The van der Waals surface area contributed by atoms with E-state index >= 15 is 0 Å². The van der Waals surface area contributed by atoms with Gasteiger partial charge in [-0.1, -0.05) is 13.0 Å². The number of anilines is 1. The number of nitrogens with zero attached hydrogens (tertiary/aromatic N) is 2. The molecule has 1 fully saturated rings. The first kappa shape index (κ1) is 17.4. The lowest BCUT2D eigenvalue weighted by molar-refractivity contribution is -0.00410. The second-order valence-corrected chi connectivity index (χ2v) is 6.24. The summed E-state index contributed by atoms with van der Waals surface area (Å²) in [6, 6.07) is 4.39. The van der Waals surface area contributed by atoms with Gasteiger partial charge in [-0.15, -0.1) is 0 Å². The first-order valence-electron chi connectivity index (χ1n) is 8.51. The number of aryl methyl sites for hydroxylation is 2. The Morgan fingerprint density at radius 3 is 3.00 bits per heavy atom. The molecule has 1 aliphatic heterocycles. The van der Waals surface area contributed by atoms with E-state index in [1.165, 1.54) is 6.07 Å². The van der Waals surface area contributed by atoms with Crippen molar-refractivity contribution < 1.29 is 13.9 Å². The minimum atomic E-state index is -0.339. The van der Waals surface area contributed by atoms with Gasteiger partial charge in [0.2, 0.25) is 0 Å². The molecule has 7 heteroatoms. The number of urea groups is 1. The molecule has 1 aromatic carbocycles. The third kappa shape index (κ3) is 4.17. The number of imidazole rings is 1. The molecule has 134 valence electrons. The van der Waals surface area contributed by atoms with Gasteiger partial charge in [0.25, 0.3) is 0 Å². The Bertz CT molecular complexity index is 746. The van der Waals surface area contributed by atoms with Gasteiger partial charge in [-0.3, -0.25) is 0 Å². The molecule has 1 aliphatic rings. The van der Waals surface area contributed by atoms with E-state index in [-0.39, 0.29) is 24.0 Å². The zero-order valence-electron chi connectivity index (χ0n) is 14.5. The summed E-state index contributed by atoms with van der Waals surface area (Å²) in [5, 5.41) is 5.63. The van der Waals surface area contributed by atoms with Crippen molar-refractivity contribution in [2.45, 2.75) is 38.3 Å². The molecule has 2 unspecified atom stereocenters. The van der Waals surface area contributed by atoms with Crippen molar-refractivity contribution in [3.05, 3.63) is 47.8 Å². The van der Waals surface area contributed by atoms with E-state index in [9.17, 15) is 9.18 Å². The van der Waals surface area contributed by atoms with Crippen LogP contribution in [0, 0.1) is 5.82 Å². The summed E-state index contributed by atoms with van der Waals surface area (Å²) in [7, 11) is 1.92. The van der Waals surface area contributed by atoms with Crippen LogP contribution in [0.1, 0.15) is 37.3 Å². The molecule has 3 rings (SSSR count). The molecule has 2 atom stereocenters. The van der Waals surface area contributed by atoms with Gasteiger partial charge < -0.3 is 19.9 Å². The maximum Gasteiger partial charge on any atom is 0.319 e. The number of carbonyl (C=O) groups excluding carboxylic acids is 1. The second-order valence-electron chi connectivity index (χ2n) is 6.24. The monoisotopic (exact) mass is 346 g/mol. The number of rotatable bonds is 4. The van der Waals surface area contributed by atoms with Gasteiger partial charge in [0.1, 0.15) is 17.7 Å². The molecule has 0 saturated carbocycles. The SMILES string of the molecule is CCc1ccc(NC(=O)NC2CCOC(c3nccn3C)C2)cc1F. The molecular weight excluding hydrogens is 323 g/mol. The summed E-state index contributed by atoms with van der Waals surface area (Å²) >= 11 is 0. The Morgan fingerprint density at radius 1 is 1.48 bits per heavy atom. The summed E-state index contributed by atoms with van der Waals surface area (Å²) in [6.07, 6.45) is 5.47. The van der Waals surface area contributed by atoms with Crippen LogP contribution >= 0.6 is 0 Å². The van der Waals surface area contributed by atoms with E-state index in [0.717, 1.165) is 12.2 Å². The molecule has 0 radical (unpaired) electrons. The predicted octanol–water partition coefficient (Wildman–Crippen LogP) is 3.16. The largest absolute Gasteiger partial charge is 0.370 e.